The summed E-state index contributed by atoms with van der Waals surface area (Å²) in [4.78, 5) is 0. The molecule has 0 aromatic heterocycles. The lowest BCUT2D eigenvalue weighted by molar-refractivity contribution is 0.611. The van der Waals surface area contributed by atoms with Crippen molar-refractivity contribution in [1.29, 1.82) is 0 Å². The minimum absolute atomic E-state index is 1.19. The first-order valence-electron chi connectivity index (χ1n) is 6.56. The van der Waals surface area contributed by atoms with Crippen molar-refractivity contribution in [3.63, 3.8) is 0 Å². The highest BCUT2D eigenvalue weighted by atomic mass is 13.9. The summed E-state index contributed by atoms with van der Waals surface area (Å²) in [5.41, 5.74) is 0. The molecule has 0 atom stereocenters. The molecule has 0 heterocycles. The van der Waals surface area contributed by atoms with E-state index in [1.165, 1.54) is 51.4 Å². The van der Waals surface area contributed by atoms with Gasteiger partial charge in [-0.15, -0.1) is 0 Å². The van der Waals surface area contributed by atoms with E-state index < -0.39 is 0 Å². The van der Waals surface area contributed by atoms with Crippen molar-refractivity contribution in [2.45, 2.75) is 79.1 Å². The van der Waals surface area contributed by atoms with Gasteiger partial charge in [-0.05, 0) is 19.3 Å². The second kappa shape index (κ2) is 18.5. The van der Waals surface area contributed by atoms with Crippen LogP contribution in [0.4, 0.5) is 0 Å². The van der Waals surface area contributed by atoms with Gasteiger partial charge in [-0.3, -0.25) is 0 Å². The van der Waals surface area contributed by atoms with Crippen LogP contribution in [0.3, 0.4) is 0 Å². The van der Waals surface area contributed by atoms with Crippen LogP contribution in [0, 0.1) is 0 Å². The van der Waals surface area contributed by atoms with Crippen molar-refractivity contribution < 1.29 is 0 Å². The van der Waals surface area contributed by atoms with Crippen LogP contribution in [0.5, 0.6) is 0 Å². The Labute approximate surface area is 91.8 Å². The molecule has 0 rings (SSSR count). The van der Waals surface area contributed by atoms with Crippen molar-refractivity contribution >= 4 is 0 Å². The zero-order valence-corrected chi connectivity index (χ0v) is 10.8. The Morgan fingerprint density at radius 3 is 1.86 bits per heavy atom. The summed E-state index contributed by atoms with van der Waals surface area (Å²) < 4.78 is 0. The molecule has 0 saturated carbocycles. The molecule has 14 heavy (non-hydrogen) atoms. The van der Waals surface area contributed by atoms with Crippen molar-refractivity contribution in [3.8, 4) is 0 Å². The molecule has 0 aliphatic carbocycles. The molecule has 0 saturated heterocycles. The van der Waals surface area contributed by atoms with Gasteiger partial charge in [0.25, 0.3) is 0 Å². The molecule has 0 bridgehead atoms. The van der Waals surface area contributed by atoms with Crippen molar-refractivity contribution in [3.05, 3.63) is 12.2 Å². The molecule has 0 amide bonds. The Kier molecular flexibility index (Phi) is 21.4. The van der Waals surface area contributed by atoms with Crippen LogP contribution in [0.1, 0.15) is 79.1 Å². The third-order valence-electron chi connectivity index (χ3n) is 2.13. The van der Waals surface area contributed by atoms with E-state index in [9.17, 15) is 0 Å². The van der Waals surface area contributed by atoms with Crippen LogP contribution < -0.4 is 0 Å². The zero-order valence-electron chi connectivity index (χ0n) is 10.8. The quantitative estimate of drug-likeness (QED) is 0.345. The summed E-state index contributed by atoms with van der Waals surface area (Å²) in [5.74, 6) is 0. The fourth-order valence-corrected chi connectivity index (χ4v) is 1.33. The molecular weight excluding hydrogens is 168 g/mol. The van der Waals surface area contributed by atoms with Gasteiger partial charge in [0.1, 0.15) is 0 Å². The van der Waals surface area contributed by atoms with E-state index in [1.54, 1.807) is 0 Å². The molecule has 0 aliphatic heterocycles. The smallest absolute Gasteiger partial charge is 0.0351 e. The number of hydrogen-bond acceptors (Lipinski definition) is 0. The maximum Gasteiger partial charge on any atom is -0.0351 e. The van der Waals surface area contributed by atoms with Crippen LogP contribution in [-0.2, 0) is 0 Å². The molecule has 0 N–H and O–H groups in total. The van der Waals surface area contributed by atoms with Crippen molar-refractivity contribution in [1.82, 2.24) is 0 Å². The molecule has 0 spiro atoms. The Morgan fingerprint density at radius 1 is 0.714 bits per heavy atom. The van der Waals surface area contributed by atoms with Crippen LogP contribution in [-0.4, -0.2) is 0 Å². The highest BCUT2D eigenvalue weighted by molar-refractivity contribution is 4.79. The first-order chi connectivity index (χ1) is 6.91. The minimum Gasteiger partial charge on any atom is -0.0888 e. The molecule has 0 aromatic rings. The number of hydrogen-bond donors (Lipinski definition) is 0. The lowest BCUT2D eigenvalue weighted by Gasteiger charge is -1.97. The summed E-state index contributed by atoms with van der Waals surface area (Å²) in [7, 11) is 0. The van der Waals surface area contributed by atoms with Crippen LogP contribution in [0.2, 0.25) is 0 Å². The first-order valence-corrected chi connectivity index (χ1v) is 6.56. The monoisotopic (exact) mass is 198 g/mol. The third-order valence-corrected chi connectivity index (χ3v) is 2.13. The van der Waals surface area contributed by atoms with Gasteiger partial charge in [0, 0.05) is 0 Å². The fraction of sp³-hybridized carbons (Fsp3) is 0.857. The summed E-state index contributed by atoms with van der Waals surface area (Å²) in [6.45, 7) is 8.46. The van der Waals surface area contributed by atoms with E-state index in [4.69, 9.17) is 0 Å². The van der Waals surface area contributed by atoms with Crippen molar-refractivity contribution in [2.24, 2.45) is 0 Å². The predicted molar refractivity (Wildman–Crippen MR) is 68.8 cm³/mol. The molecule has 0 fully saturated rings. The molecular formula is C14H30. The molecule has 86 valence electrons. The molecule has 0 aliphatic rings. The van der Waals surface area contributed by atoms with Crippen LogP contribution >= 0.6 is 0 Å². The van der Waals surface area contributed by atoms with E-state index in [0.717, 1.165) is 0 Å². The van der Waals surface area contributed by atoms with E-state index in [1.807, 2.05) is 13.8 Å². The third kappa shape index (κ3) is 17.7. The second-order valence-corrected chi connectivity index (χ2v) is 3.44. The lowest BCUT2D eigenvalue weighted by atomic mass is 10.1. The van der Waals surface area contributed by atoms with E-state index in [2.05, 4.69) is 26.0 Å². The predicted octanol–water partition coefficient (Wildman–Crippen LogP) is 5.73. The molecule has 0 radical (unpaired) electrons. The summed E-state index contributed by atoms with van der Waals surface area (Å²) in [6.07, 6.45) is 15.5. The molecule has 0 heteroatoms. The highest BCUT2D eigenvalue weighted by Crippen LogP contribution is 2.07. The summed E-state index contributed by atoms with van der Waals surface area (Å²) >= 11 is 0. The van der Waals surface area contributed by atoms with Gasteiger partial charge >= 0.3 is 0 Å². The highest BCUT2D eigenvalue weighted by Gasteiger charge is 1.87. The van der Waals surface area contributed by atoms with Gasteiger partial charge < -0.3 is 0 Å². The van der Waals surface area contributed by atoms with Crippen molar-refractivity contribution in [2.75, 3.05) is 0 Å². The van der Waals surface area contributed by atoms with Gasteiger partial charge in [0.05, 0.1) is 0 Å². The van der Waals surface area contributed by atoms with E-state index in [-0.39, 0.29) is 0 Å². The fourth-order valence-electron chi connectivity index (χ4n) is 1.33. The first kappa shape index (κ1) is 16.2. The van der Waals surface area contributed by atoms with E-state index >= 15 is 0 Å². The topological polar surface area (TPSA) is 0 Å². The minimum atomic E-state index is 1.19. The van der Waals surface area contributed by atoms with E-state index in [0.29, 0.717) is 0 Å². The number of rotatable bonds is 8. The Morgan fingerprint density at radius 2 is 1.29 bits per heavy atom. The number of allylic oxidation sites excluding steroid dienone is 2. The Bertz CT molecular complexity index is 92.2. The van der Waals surface area contributed by atoms with Crippen LogP contribution in [0.25, 0.3) is 0 Å². The largest absolute Gasteiger partial charge is 0.0888 e. The summed E-state index contributed by atoms with van der Waals surface area (Å²) in [5, 5.41) is 0. The van der Waals surface area contributed by atoms with Gasteiger partial charge in [-0.1, -0.05) is 72.0 Å². The SMILES string of the molecule is CC.CC/C=C/CCCCCCCC. The Balaban J connectivity index is 0. The maximum absolute atomic E-state index is 2.32. The molecule has 0 aromatic carbocycles. The van der Waals surface area contributed by atoms with Gasteiger partial charge in [-0.2, -0.15) is 0 Å². The normalized spacial score (nSPS) is 10.0. The van der Waals surface area contributed by atoms with Gasteiger partial charge in [-0.25, -0.2) is 0 Å². The lowest BCUT2D eigenvalue weighted by Crippen LogP contribution is -1.77. The molecule has 0 unspecified atom stereocenters. The average molecular weight is 198 g/mol. The summed E-state index contributed by atoms with van der Waals surface area (Å²) in [6, 6.07) is 0. The number of unbranched alkanes of at least 4 members (excludes halogenated alkanes) is 6. The zero-order chi connectivity index (χ0) is 11.1. The molecule has 0 nitrogen and oxygen atoms in total. The standard InChI is InChI=1S/C12H24.C2H6/c1-3-5-7-9-11-12-10-8-6-4-2;1-2/h5,7H,3-4,6,8-12H2,1-2H3;1-2H3/b7-5+;. The Hall–Kier alpha value is -0.260. The van der Waals surface area contributed by atoms with Gasteiger partial charge in [0.15, 0.2) is 0 Å². The maximum atomic E-state index is 2.32. The average Bonchev–Trinajstić information content (AvgIpc) is 2.25. The second-order valence-electron chi connectivity index (χ2n) is 3.44. The van der Waals surface area contributed by atoms with Gasteiger partial charge in [0.2, 0.25) is 0 Å². The van der Waals surface area contributed by atoms with Crippen LogP contribution in [0.15, 0.2) is 12.2 Å².